The van der Waals surface area contributed by atoms with E-state index in [1.165, 1.54) is 11.1 Å². The van der Waals surface area contributed by atoms with Gasteiger partial charge in [0.15, 0.2) is 0 Å². The first-order valence-corrected chi connectivity index (χ1v) is 8.90. The maximum absolute atomic E-state index is 6.50. The molecule has 24 heavy (non-hydrogen) atoms. The van der Waals surface area contributed by atoms with Gasteiger partial charge < -0.3 is 9.47 Å². The van der Waals surface area contributed by atoms with Crippen molar-refractivity contribution in [2.24, 2.45) is 5.41 Å². The van der Waals surface area contributed by atoms with E-state index in [1.807, 2.05) is 19.1 Å². The topological polar surface area (TPSA) is 18.5 Å². The molecular weight excluding hydrogens is 320 g/mol. The maximum Gasteiger partial charge on any atom is 0.211 e. The minimum atomic E-state index is -0.871. The summed E-state index contributed by atoms with van der Waals surface area (Å²) in [5, 5.41) is -0.277. The first kappa shape index (κ1) is 17.5. The third kappa shape index (κ3) is 3.66. The molecule has 1 atom stereocenters. The maximum atomic E-state index is 6.50. The molecule has 2 aromatic carbocycles. The van der Waals surface area contributed by atoms with E-state index in [1.54, 1.807) is 0 Å². The number of ether oxygens (including phenoxy) is 2. The van der Waals surface area contributed by atoms with Gasteiger partial charge in [0.05, 0.1) is 18.6 Å². The minimum absolute atomic E-state index is 0.0108. The van der Waals surface area contributed by atoms with Gasteiger partial charge in [-0.3, -0.25) is 0 Å². The molecule has 1 aliphatic heterocycles. The lowest BCUT2D eigenvalue weighted by Gasteiger charge is -2.45. The number of alkyl halides is 1. The Morgan fingerprint density at radius 2 is 1.58 bits per heavy atom. The summed E-state index contributed by atoms with van der Waals surface area (Å²) in [4.78, 5) is 0. The zero-order valence-corrected chi connectivity index (χ0v) is 15.3. The molecular formula is C21H25ClO2. The molecule has 2 aromatic rings. The number of benzene rings is 2. The van der Waals surface area contributed by atoms with Gasteiger partial charge in [-0.1, -0.05) is 68.4 Å². The van der Waals surface area contributed by atoms with Crippen LogP contribution in [0.5, 0.6) is 0 Å². The van der Waals surface area contributed by atoms with Gasteiger partial charge in [0.2, 0.25) is 5.79 Å². The lowest BCUT2D eigenvalue weighted by Crippen LogP contribution is -2.50. The molecule has 0 aromatic heterocycles. The highest BCUT2D eigenvalue weighted by Crippen LogP contribution is 2.41. The van der Waals surface area contributed by atoms with Crippen molar-refractivity contribution in [3.05, 3.63) is 71.3 Å². The molecule has 0 radical (unpaired) electrons. The van der Waals surface area contributed by atoms with E-state index in [-0.39, 0.29) is 10.8 Å². The second-order valence-corrected chi connectivity index (χ2v) is 8.04. The smallest absolute Gasteiger partial charge is 0.211 e. The average Bonchev–Trinajstić information content (AvgIpc) is 2.56. The first-order chi connectivity index (χ1) is 11.4. The van der Waals surface area contributed by atoms with Crippen molar-refractivity contribution in [1.82, 2.24) is 0 Å². The summed E-state index contributed by atoms with van der Waals surface area (Å²) in [6, 6.07) is 18.8. The summed E-state index contributed by atoms with van der Waals surface area (Å²) in [7, 11) is 0. The lowest BCUT2D eigenvalue weighted by atomic mass is 9.91. The fourth-order valence-electron chi connectivity index (χ4n) is 3.04. The molecule has 1 saturated heterocycles. The number of hydrogen-bond donors (Lipinski definition) is 0. The Morgan fingerprint density at radius 1 is 0.958 bits per heavy atom. The summed E-state index contributed by atoms with van der Waals surface area (Å²) in [5.41, 5.74) is 3.52. The highest BCUT2D eigenvalue weighted by molar-refractivity contribution is 6.21. The van der Waals surface area contributed by atoms with E-state index < -0.39 is 5.79 Å². The van der Waals surface area contributed by atoms with Crippen LogP contribution in [0.15, 0.2) is 54.6 Å². The van der Waals surface area contributed by atoms with E-state index in [9.17, 15) is 0 Å². The van der Waals surface area contributed by atoms with Crippen molar-refractivity contribution >= 4 is 11.6 Å². The lowest BCUT2D eigenvalue weighted by molar-refractivity contribution is -0.307. The average molecular weight is 345 g/mol. The fourth-order valence-corrected chi connectivity index (χ4v) is 3.30. The van der Waals surface area contributed by atoms with Gasteiger partial charge in [0.1, 0.15) is 0 Å². The van der Waals surface area contributed by atoms with Crippen molar-refractivity contribution in [1.29, 1.82) is 0 Å². The molecule has 0 spiro atoms. The SMILES string of the molecule is CC(Cl)C1(c2cccc(Cc3ccccc3)c2)OCC(C)(C)CO1. The zero-order valence-electron chi connectivity index (χ0n) is 14.6. The third-order valence-corrected chi connectivity index (χ3v) is 4.75. The normalized spacial score (nSPS) is 20.5. The van der Waals surface area contributed by atoms with E-state index in [2.05, 4.69) is 56.3 Å². The summed E-state index contributed by atoms with van der Waals surface area (Å²) < 4.78 is 12.4. The van der Waals surface area contributed by atoms with Crippen LogP contribution in [0, 0.1) is 5.41 Å². The summed E-state index contributed by atoms with van der Waals surface area (Å²) in [6.45, 7) is 7.48. The van der Waals surface area contributed by atoms with Crippen LogP contribution in [0.25, 0.3) is 0 Å². The van der Waals surface area contributed by atoms with Crippen molar-refractivity contribution < 1.29 is 9.47 Å². The van der Waals surface area contributed by atoms with Gasteiger partial charge in [-0.2, -0.15) is 0 Å². The standard InChI is InChI=1S/C21H25ClO2/c1-16(22)21(23-14-20(2,3)15-24-21)19-11-7-10-18(13-19)12-17-8-5-4-6-9-17/h4-11,13,16H,12,14-15H2,1-3H3. The molecule has 3 heteroatoms. The van der Waals surface area contributed by atoms with Crippen molar-refractivity contribution in [2.75, 3.05) is 13.2 Å². The molecule has 0 N–H and O–H groups in total. The van der Waals surface area contributed by atoms with Crippen LogP contribution in [0.4, 0.5) is 0 Å². The molecule has 1 aliphatic rings. The van der Waals surface area contributed by atoms with Crippen LogP contribution in [0.3, 0.4) is 0 Å². The molecule has 2 nitrogen and oxygen atoms in total. The summed E-state index contributed by atoms with van der Waals surface area (Å²) in [5.74, 6) is -0.871. The van der Waals surface area contributed by atoms with E-state index in [0.29, 0.717) is 13.2 Å². The Balaban J connectivity index is 1.88. The van der Waals surface area contributed by atoms with Crippen LogP contribution in [-0.2, 0) is 21.7 Å². The Labute approximate surface area is 149 Å². The van der Waals surface area contributed by atoms with Crippen molar-refractivity contribution in [2.45, 2.75) is 38.4 Å². The van der Waals surface area contributed by atoms with Gasteiger partial charge >= 0.3 is 0 Å². The van der Waals surface area contributed by atoms with E-state index in [4.69, 9.17) is 21.1 Å². The highest BCUT2D eigenvalue weighted by atomic mass is 35.5. The number of halogens is 1. The van der Waals surface area contributed by atoms with Gasteiger partial charge in [-0.05, 0) is 24.5 Å². The molecule has 1 heterocycles. The van der Waals surface area contributed by atoms with Crippen molar-refractivity contribution in [3.63, 3.8) is 0 Å². The Bertz CT molecular complexity index is 669. The predicted octanol–water partition coefficient (Wildman–Crippen LogP) is 5.13. The number of rotatable bonds is 4. The number of hydrogen-bond acceptors (Lipinski definition) is 2. The molecule has 1 fully saturated rings. The van der Waals surface area contributed by atoms with Crippen LogP contribution in [0.1, 0.15) is 37.5 Å². The van der Waals surface area contributed by atoms with Gasteiger partial charge in [-0.25, -0.2) is 0 Å². The third-order valence-electron chi connectivity index (χ3n) is 4.46. The summed E-state index contributed by atoms with van der Waals surface area (Å²) in [6.07, 6.45) is 0.882. The van der Waals surface area contributed by atoms with Crippen LogP contribution in [0.2, 0.25) is 0 Å². The largest absolute Gasteiger partial charge is 0.344 e. The van der Waals surface area contributed by atoms with Crippen molar-refractivity contribution in [3.8, 4) is 0 Å². The molecule has 0 saturated carbocycles. The Kier molecular flexibility index (Phi) is 5.00. The van der Waals surface area contributed by atoms with Crippen LogP contribution in [-0.4, -0.2) is 18.6 Å². The highest BCUT2D eigenvalue weighted by Gasteiger charge is 2.45. The Morgan fingerprint density at radius 3 is 2.21 bits per heavy atom. The summed E-state index contributed by atoms with van der Waals surface area (Å²) >= 11 is 6.50. The first-order valence-electron chi connectivity index (χ1n) is 8.47. The van der Waals surface area contributed by atoms with Crippen LogP contribution >= 0.6 is 11.6 Å². The second kappa shape index (κ2) is 6.87. The minimum Gasteiger partial charge on any atom is -0.344 e. The van der Waals surface area contributed by atoms with Crippen LogP contribution < -0.4 is 0 Å². The molecule has 128 valence electrons. The van der Waals surface area contributed by atoms with E-state index in [0.717, 1.165) is 12.0 Å². The van der Waals surface area contributed by atoms with Gasteiger partial charge in [0.25, 0.3) is 0 Å². The van der Waals surface area contributed by atoms with Gasteiger partial charge in [-0.15, -0.1) is 11.6 Å². The second-order valence-electron chi connectivity index (χ2n) is 7.39. The molecule has 0 bridgehead atoms. The monoisotopic (exact) mass is 344 g/mol. The molecule has 1 unspecified atom stereocenters. The molecule has 3 rings (SSSR count). The quantitative estimate of drug-likeness (QED) is 0.716. The Hall–Kier alpha value is -1.35. The fraction of sp³-hybridized carbons (Fsp3) is 0.429. The molecule has 0 amide bonds. The van der Waals surface area contributed by atoms with E-state index >= 15 is 0 Å². The predicted molar refractivity (Wildman–Crippen MR) is 98.4 cm³/mol. The van der Waals surface area contributed by atoms with Gasteiger partial charge in [0, 0.05) is 11.0 Å². The molecule has 0 aliphatic carbocycles. The zero-order chi connectivity index (χ0) is 17.2.